The van der Waals surface area contributed by atoms with Crippen molar-refractivity contribution in [2.45, 2.75) is 30.7 Å². The summed E-state index contributed by atoms with van der Waals surface area (Å²) in [5, 5.41) is 102. The van der Waals surface area contributed by atoms with E-state index in [-0.39, 0.29) is 10.9 Å². The van der Waals surface area contributed by atoms with Gasteiger partial charge in [0.2, 0.25) is 17.8 Å². The quantitative estimate of drug-likeness (QED) is 0.0529. The summed E-state index contributed by atoms with van der Waals surface area (Å²) in [6.45, 7) is -0.939. The van der Waals surface area contributed by atoms with Crippen LogP contribution in [0.5, 0.6) is 51.7 Å². The maximum Gasteiger partial charge on any atom is 0.339 e. The number of fused-ring (bicyclic) bond motifs is 1. The molecule has 0 unspecified atom stereocenters. The van der Waals surface area contributed by atoms with Crippen molar-refractivity contribution < 1.29 is 98.3 Å². The molecule has 10 N–H and O–H groups in total. The Labute approximate surface area is 310 Å². The van der Waals surface area contributed by atoms with Gasteiger partial charge in [-0.05, 0) is 48.0 Å². The molecule has 5 aromatic rings. The van der Waals surface area contributed by atoms with Crippen molar-refractivity contribution in [1.29, 1.82) is 0 Å². The summed E-state index contributed by atoms with van der Waals surface area (Å²) in [6.07, 6.45) is -8.31. The van der Waals surface area contributed by atoms with Gasteiger partial charge in [-0.25, -0.2) is 19.2 Å². The lowest BCUT2D eigenvalue weighted by molar-refractivity contribution is -0.289. The highest BCUT2D eigenvalue weighted by Crippen LogP contribution is 2.48. The van der Waals surface area contributed by atoms with Gasteiger partial charge in [-0.15, -0.1) is 0 Å². The van der Waals surface area contributed by atoms with Crippen LogP contribution in [0, 0.1) is 0 Å². The summed E-state index contributed by atoms with van der Waals surface area (Å²) >= 11 is 0. The minimum absolute atomic E-state index is 0.209. The number of phenols is 9. The number of carbonyl (C=O) groups is 4. The molecule has 20 heteroatoms. The SMILES string of the molecule is O=C(/C=C/c1ccc(O)c(O)c1)O[C@@H]1O[C@@H]2COC(=O)c3cc(O)c(O)c4oc5c(O)c(O)cc(c5c34)C(=O)O[C@@H]2[C@@H](OC(=O)c2cc(O)c(O)c(O)c2)[C@H]1O. The largest absolute Gasteiger partial charge is 0.504 e. The van der Waals surface area contributed by atoms with E-state index in [1.165, 1.54) is 6.07 Å². The fourth-order valence-corrected chi connectivity index (χ4v) is 6.09. The molecule has 0 radical (unpaired) electrons. The molecule has 0 saturated carbocycles. The number of cyclic esters (lactones) is 1. The average molecular weight is 779 g/mol. The number of aromatic hydroxyl groups is 9. The number of phenolic OH excluding ortho intramolecular Hbond substituents is 9. The topological polar surface area (TPSA) is 330 Å². The van der Waals surface area contributed by atoms with Crippen LogP contribution in [0.2, 0.25) is 0 Å². The molecule has 1 fully saturated rings. The second-order valence-corrected chi connectivity index (χ2v) is 12.3. The van der Waals surface area contributed by atoms with E-state index in [2.05, 4.69) is 0 Å². The van der Waals surface area contributed by atoms with Crippen molar-refractivity contribution in [2.24, 2.45) is 0 Å². The third-order valence-electron chi connectivity index (χ3n) is 8.79. The van der Waals surface area contributed by atoms with Crippen molar-refractivity contribution in [3.63, 3.8) is 0 Å². The van der Waals surface area contributed by atoms with Gasteiger partial charge >= 0.3 is 23.9 Å². The third-order valence-corrected chi connectivity index (χ3v) is 8.79. The molecule has 5 atom stereocenters. The lowest BCUT2D eigenvalue weighted by atomic mass is 9.98. The zero-order valence-electron chi connectivity index (χ0n) is 27.8. The molecule has 20 nitrogen and oxygen atoms in total. The monoisotopic (exact) mass is 778 g/mol. The second-order valence-electron chi connectivity index (χ2n) is 12.3. The Hall–Kier alpha value is -7.58. The van der Waals surface area contributed by atoms with Crippen LogP contribution in [0.3, 0.4) is 0 Å². The number of hydrogen-bond acceptors (Lipinski definition) is 20. The van der Waals surface area contributed by atoms with Gasteiger partial charge in [0.25, 0.3) is 0 Å². The fourth-order valence-electron chi connectivity index (χ4n) is 6.09. The number of hydrogen-bond donors (Lipinski definition) is 10. The lowest BCUT2D eigenvalue weighted by Crippen LogP contribution is -2.62. The molecular formula is C36H26O20. The second kappa shape index (κ2) is 13.7. The molecule has 3 heterocycles. The van der Waals surface area contributed by atoms with Gasteiger partial charge in [0.05, 0.1) is 16.7 Å². The number of aliphatic hydroxyl groups is 1. The molecule has 4 aromatic carbocycles. The van der Waals surface area contributed by atoms with Gasteiger partial charge in [-0.3, -0.25) is 0 Å². The van der Waals surface area contributed by atoms with E-state index in [1.807, 2.05) is 0 Å². The molecule has 2 aliphatic heterocycles. The van der Waals surface area contributed by atoms with E-state index in [0.717, 1.165) is 30.4 Å². The van der Waals surface area contributed by atoms with Crippen LogP contribution in [-0.4, -0.2) is 112 Å². The van der Waals surface area contributed by atoms with Gasteiger partial charge in [-0.2, -0.15) is 0 Å². The maximum absolute atomic E-state index is 14.0. The van der Waals surface area contributed by atoms with Crippen molar-refractivity contribution in [1.82, 2.24) is 0 Å². The van der Waals surface area contributed by atoms with E-state index in [9.17, 15) is 70.2 Å². The molecule has 0 bridgehead atoms. The number of rotatable bonds is 5. The van der Waals surface area contributed by atoms with E-state index >= 15 is 0 Å². The minimum atomic E-state index is -2.25. The summed E-state index contributed by atoms with van der Waals surface area (Å²) < 4.78 is 33.0. The zero-order valence-corrected chi connectivity index (χ0v) is 27.8. The van der Waals surface area contributed by atoms with Gasteiger partial charge in [0.15, 0.2) is 69.7 Å². The van der Waals surface area contributed by atoms with Crippen molar-refractivity contribution in [3.8, 4) is 51.7 Å². The first-order valence-electron chi connectivity index (χ1n) is 16.0. The Kier molecular flexibility index (Phi) is 8.98. The van der Waals surface area contributed by atoms with Gasteiger partial charge in [0.1, 0.15) is 12.7 Å². The Bertz CT molecular complexity index is 2490. The minimum Gasteiger partial charge on any atom is -0.504 e. The van der Waals surface area contributed by atoms with Crippen molar-refractivity contribution >= 4 is 51.9 Å². The van der Waals surface area contributed by atoms with Crippen LogP contribution in [0.1, 0.15) is 36.6 Å². The molecular weight excluding hydrogens is 752 g/mol. The molecule has 0 spiro atoms. The Morgan fingerprint density at radius 2 is 1.29 bits per heavy atom. The van der Waals surface area contributed by atoms with Crippen LogP contribution >= 0.6 is 0 Å². The molecule has 56 heavy (non-hydrogen) atoms. The Balaban J connectivity index is 1.30. The molecule has 7 rings (SSSR count). The normalized spacial score (nSPS) is 21.0. The van der Waals surface area contributed by atoms with Crippen LogP contribution in [-0.2, 0) is 28.5 Å². The number of esters is 4. The number of carbonyl (C=O) groups excluding carboxylic acids is 4. The predicted octanol–water partition coefficient (Wildman–Crippen LogP) is 2.20. The first-order valence-corrected chi connectivity index (χ1v) is 16.0. The van der Waals surface area contributed by atoms with Crippen LogP contribution in [0.4, 0.5) is 0 Å². The summed E-state index contributed by atoms with van der Waals surface area (Å²) in [7, 11) is 0. The van der Waals surface area contributed by atoms with Crippen molar-refractivity contribution in [3.05, 3.63) is 70.8 Å². The van der Waals surface area contributed by atoms with E-state index in [1.54, 1.807) is 0 Å². The van der Waals surface area contributed by atoms with E-state index in [4.69, 9.17) is 28.1 Å². The van der Waals surface area contributed by atoms with Gasteiger partial charge in [-0.1, -0.05) is 6.07 Å². The van der Waals surface area contributed by atoms with Crippen LogP contribution < -0.4 is 0 Å². The first kappa shape index (κ1) is 36.8. The molecule has 0 aliphatic carbocycles. The molecule has 2 aliphatic rings. The zero-order chi connectivity index (χ0) is 40.3. The molecule has 1 saturated heterocycles. The van der Waals surface area contributed by atoms with E-state index < -0.39 is 146 Å². The van der Waals surface area contributed by atoms with Gasteiger partial charge < -0.3 is 79.2 Å². The highest BCUT2D eigenvalue weighted by molar-refractivity contribution is 6.23. The standard InChI is InChI=1S/C36H26O20/c37-15-3-1-11(5-16(15)38)2-4-22(43)53-36-28(47)32(56-33(48)12-6-17(39)25(44)18(40)7-12)29-21(52-36)10-51-34(49)13-8-19(41)26(45)30-23(13)24-14(35(50)55-29)9-20(42)27(46)31(24)54-30/h1-9,21,28-29,32,36-42,44-47H,10H2/b4-2+/t21-,28-,29+,32+,36+/m1/s1. The average Bonchev–Trinajstić information content (AvgIpc) is 3.56. The van der Waals surface area contributed by atoms with E-state index in [0.29, 0.717) is 18.2 Å². The first-order chi connectivity index (χ1) is 26.5. The summed E-state index contributed by atoms with van der Waals surface area (Å²) in [5.74, 6) is -12.9. The predicted molar refractivity (Wildman–Crippen MR) is 180 cm³/mol. The third kappa shape index (κ3) is 6.29. The van der Waals surface area contributed by atoms with Crippen LogP contribution in [0.15, 0.2) is 53.0 Å². The Morgan fingerprint density at radius 1 is 0.696 bits per heavy atom. The van der Waals surface area contributed by atoms with Crippen molar-refractivity contribution in [2.75, 3.05) is 6.61 Å². The number of ether oxygens (including phenoxy) is 5. The summed E-state index contributed by atoms with van der Waals surface area (Å²) in [5.41, 5.74) is -2.86. The van der Waals surface area contributed by atoms with Gasteiger partial charge in [0, 0.05) is 16.8 Å². The fraction of sp³-hybridized carbons (Fsp3) is 0.167. The highest BCUT2D eigenvalue weighted by Gasteiger charge is 2.52. The highest BCUT2D eigenvalue weighted by atomic mass is 16.7. The maximum atomic E-state index is 14.0. The van der Waals surface area contributed by atoms with Crippen LogP contribution in [0.25, 0.3) is 28.0 Å². The Morgan fingerprint density at radius 3 is 1.89 bits per heavy atom. The number of furan rings is 1. The summed E-state index contributed by atoms with van der Waals surface area (Å²) in [4.78, 5) is 54.0. The lowest BCUT2D eigenvalue weighted by Gasteiger charge is -2.42. The number of benzene rings is 4. The molecule has 0 amide bonds. The molecule has 1 aromatic heterocycles. The molecule has 290 valence electrons. The summed E-state index contributed by atoms with van der Waals surface area (Å²) in [6, 6.07) is 6.37. The smallest absolute Gasteiger partial charge is 0.339 e. The number of aliphatic hydroxyl groups excluding tert-OH is 1.